The van der Waals surface area contributed by atoms with Crippen LogP contribution in [0.3, 0.4) is 0 Å². The number of aliphatic carboxylic acids is 1. The minimum atomic E-state index is -3.93. The lowest BCUT2D eigenvalue weighted by atomic mass is 9.84. The molecule has 3 aromatic carbocycles. The standard InChI is InChI=1S/C26H25FN2O4S/c1-17-25(20-9-5-6-10-22(20)28(17)16-24(30)31)26-21-12-11-19(27)15-23(21)34(32,33)29(26)14-13-18-7-3-2-4-8-18/h2-12,15,17,25-26H,13-14,16H2,1H3,(H,30,31). The molecule has 0 aromatic heterocycles. The number of hydrogen-bond acceptors (Lipinski definition) is 4. The Morgan fingerprint density at radius 2 is 1.71 bits per heavy atom. The summed E-state index contributed by atoms with van der Waals surface area (Å²) in [6, 6.07) is 20.3. The first-order chi connectivity index (χ1) is 16.3. The highest BCUT2D eigenvalue weighted by Gasteiger charge is 2.51. The summed E-state index contributed by atoms with van der Waals surface area (Å²) in [5.41, 5.74) is 3.25. The van der Waals surface area contributed by atoms with Gasteiger partial charge in [-0.1, -0.05) is 54.6 Å². The van der Waals surface area contributed by atoms with Gasteiger partial charge in [0.1, 0.15) is 12.4 Å². The summed E-state index contributed by atoms with van der Waals surface area (Å²) in [7, 11) is -3.93. The average Bonchev–Trinajstić information content (AvgIpc) is 3.20. The Bertz CT molecular complexity index is 1350. The Balaban J connectivity index is 1.62. The van der Waals surface area contributed by atoms with Gasteiger partial charge in [0.2, 0.25) is 10.0 Å². The largest absolute Gasteiger partial charge is 0.480 e. The maximum absolute atomic E-state index is 14.2. The van der Waals surface area contributed by atoms with E-state index in [4.69, 9.17) is 0 Å². The van der Waals surface area contributed by atoms with E-state index < -0.39 is 27.9 Å². The summed E-state index contributed by atoms with van der Waals surface area (Å²) >= 11 is 0. The van der Waals surface area contributed by atoms with Crippen LogP contribution < -0.4 is 4.90 Å². The number of nitrogens with zero attached hydrogens (tertiary/aromatic N) is 2. The summed E-state index contributed by atoms with van der Waals surface area (Å²) in [5.74, 6) is -1.86. The molecule has 2 aliphatic heterocycles. The summed E-state index contributed by atoms with van der Waals surface area (Å²) in [5, 5.41) is 9.51. The molecule has 0 bridgehead atoms. The van der Waals surface area contributed by atoms with Crippen molar-refractivity contribution in [2.75, 3.05) is 18.0 Å². The highest BCUT2D eigenvalue weighted by Crippen LogP contribution is 2.54. The number of sulfonamides is 1. The lowest BCUT2D eigenvalue weighted by molar-refractivity contribution is -0.135. The van der Waals surface area contributed by atoms with Crippen LogP contribution in [-0.4, -0.2) is 42.9 Å². The van der Waals surface area contributed by atoms with Crippen molar-refractivity contribution in [3.63, 3.8) is 0 Å². The zero-order valence-corrected chi connectivity index (χ0v) is 19.5. The Hall–Kier alpha value is -3.23. The van der Waals surface area contributed by atoms with Crippen molar-refractivity contribution >= 4 is 21.7 Å². The minimum absolute atomic E-state index is 0.00747. The third-order valence-electron chi connectivity index (χ3n) is 6.92. The maximum atomic E-state index is 14.2. The fraction of sp³-hybridized carbons (Fsp3) is 0.269. The molecule has 5 rings (SSSR count). The molecule has 2 heterocycles. The van der Waals surface area contributed by atoms with Crippen LogP contribution in [0.2, 0.25) is 0 Å². The second-order valence-electron chi connectivity index (χ2n) is 8.83. The van der Waals surface area contributed by atoms with Crippen molar-refractivity contribution in [2.45, 2.75) is 36.2 Å². The molecule has 8 heteroatoms. The number of hydrogen-bond donors (Lipinski definition) is 1. The molecule has 0 radical (unpaired) electrons. The van der Waals surface area contributed by atoms with Gasteiger partial charge in [0.15, 0.2) is 0 Å². The van der Waals surface area contributed by atoms with Gasteiger partial charge in [0.25, 0.3) is 0 Å². The number of para-hydroxylation sites is 1. The van der Waals surface area contributed by atoms with Gasteiger partial charge in [-0.3, -0.25) is 4.79 Å². The molecule has 3 atom stereocenters. The second-order valence-corrected chi connectivity index (χ2v) is 10.7. The number of anilines is 1. The van der Waals surface area contributed by atoms with Crippen molar-refractivity contribution in [3.05, 3.63) is 95.3 Å². The molecule has 176 valence electrons. The van der Waals surface area contributed by atoms with E-state index in [2.05, 4.69) is 0 Å². The van der Waals surface area contributed by atoms with Crippen LogP contribution in [0.25, 0.3) is 0 Å². The van der Waals surface area contributed by atoms with E-state index in [0.717, 1.165) is 22.9 Å². The third kappa shape index (κ3) is 3.67. The van der Waals surface area contributed by atoms with Crippen LogP contribution in [0.5, 0.6) is 0 Å². The van der Waals surface area contributed by atoms with Crippen LogP contribution in [0.15, 0.2) is 77.7 Å². The molecular formula is C26H25FN2O4S. The van der Waals surface area contributed by atoms with Gasteiger partial charge < -0.3 is 10.0 Å². The Labute approximate surface area is 198 Å². The monoisotopic (exact) mass is 480 g/mol. The first-order valence-electron chi connectivity index (χ1n) is 11.2. The third-order valence-corrected chi connectivity index (χ3v) is 8.85. The summed E-state index contributed by atoms with van der Waals surface area (Å²) in [6.45, 7) is 1.98. The van der Waals surface area contributed by atoms with E-state index in [1.807, 2.05) is 66.4 Å². The summed E-state index contributed by atoms with van der Waals surface area (Å²) in [6.07, 6.45) is 0.509. The molecule has 3 unspecified atom stereocenters. The first kappa shape index (κ1) is 22.6. The van der Waals surface area contributed by atoms with Crippen molar-refractivity contribution in [1.29, 1.82) is 0 Å². The molecule has 2 aliphatic rings. The highest BCUT2D eigenvalue weighted by molar-refractivity contribution is 7.89. The lowest BCUT2D eigenvalue weighted by Crippen LogP contribution is -2.41. The van der Waals surface area contributed by atoms with Gasteiger partial charge in [-0.05, 0) is 48.2 Å². The number of carboxylic acid groups (broad SMARTS) is 1. The van der Waals surface area contributed by atoms with Crippen molar-refractivity contribution in [3.8, 4) is 0 Å². The minimum Gasteiger partial charge on any atom is -0.480 e. The van der Waals surface area contributed by atoms with Gasteiger partial charge >= 0.3 is 5.97 Å². The topological polar surface area (TPSA) is 77.9 Å². The number of halogens is 1. The Morgan fingerprint density at radius 1 is 1.00 bits per heavy atom. The van der Waals surface area contributed by atoms with E-state index in [-0.39, 0.29) is 29.9 Å². The van der Waals surface area contributed by atoms with Gasteiger partial charge in [-0.2, -0.15) is 4.31 Å². The number of carboxylic acids is 1. The molecular weight excluding hydrogens is 455 g/mol. The molecule has 1 N–H and O–H groups in total. The summed E-state index contributed by atoms with van der Waals surface area (Å²) in [4.78, 5) is 13.4. The Kier molecular flexibility index (Phi) is 5.65. The molecule has 6 nitrogen and oxygen atoms in total. The smallest absolute Gasteiger partial charge is 0.323 e. The molecule has 0 amide bonds. The normalized spacial score (nSPS) is 23.0. The van der Waals surface area contributed by atoms with Crippen LogP contribution in [-0.2, 0) is 21.2 Å². The SMILES string of the molecule is CC1C(C2c3ccc(F)cc3S(=O)(=O)N2CCc2ccccc2)c2ccccc2N1CC(=O)O. The van der Waals surface area contributed by atoms with Gasteiger partial charge in [-0.25, -0.2) is 12.8 Å². The molecule has 0 spiro atoms. The van der Waals surface area contributed by atoms with Gasteiger partial charge in [0, 0.05) is 24.2 Å². The average molecular weight is 481 g/mol. The zero-order chi connectivity index (χ0) is 24.0. The number of fused-ring (bicyclic) bond motifs is 2. The van der Waals surface area contributed by atoms with E-state index in [0.29, 0.717) is 12.0 Å². The molecule has 0 saturated carbocycles. The van der Waals surface area contributed by atoms with E-state index in [1.54, 1.807) is 6.07 Å². The highest BCUT2D eigenvalue weighted by atomic mass is 32.2. The predicted molar refractivity (Wildman–Crippen MR) is 127 cm³/mol. The van der Waals surface area contributed by atoms with Crippen molar-refractivity contribution < 1.29 is 22.7 Å². The van der Waals surface area contributed by atoms with E-state index >= 15 is 0 Å². The van der Waals surface area contributed by atoms with Crippen LogP contribution in [0, 0.1) is 5.82 Å². The molecule has 0 aliphatic carbocycles. The first-order valence-corrected chi connectivity index (χ1v) is 12.7. The molecule has 0 saturated heterocycles. The number of carbonyl (C=O) groups is 1. The van der Waals surface area contributed by atoms with Crippen LogP contribution in [0.4, 0.5) is 10.1 Å². The molecule has 0 fully saturated rings. The maximum Gasteiger partial charge on any atom is 0.323 e. The number of benzene rings is 3. The van der Waals surface area contributed by atoms with E-state index in [9.17, 15) is 22.7 Å². The summed E-state index contributed by atoms with van der Waals surface area (Å²) < 4.78 is 42.9. The fourth-order valence-corrected chi connectivity index (χ4v) is 7.31. The lowest BCUT2D eigenvalue weighted by Gasteiger charge is -2.33. The van der Waals surface area contributed by atoms with Crippen LogP contribution >= 0.6 is 0 Å². The Morgan fingerprint density at radius 3 is 2.44 bits per heavy atom. The predicted octanol–water partition coefficient (Wildman–Crippen LogP) is 4.19. The van der Waals surface area contributed by atoms with E-state index in [1.165, 1.54) is 10.4 Å². The quantitative estimate of drug-likeness (QED) is 0.573. The van der Waals surface area contributed by atoms with Gasteiger partial charge in [-0.15, -0.1) is 0 Å². The molecule has 34 heavy (non-hydrogen) atoms. The van der Waals surface area contributed by atoms with Gasteiger partial charge in [0.05, 0.1) is 10.9 Å². The van der Waals surface area contributed by atoms with Crippen molar-refractivity contribution in [2.24, 2.45) is 0 Å². The fourth-order valence-electron chi connectivity index (χ4n) is 5.44. The number of rotatable bonds is 6. The van der Waals surface area contributed by atoms with Crippen LogP contribution in [0.1, 0.15) is 35.6 Å². The molecule has 3 aromatic rings. The zero-order valence-electron chi connectivity index (χ0n) is 18.6. The second kappa shape index (κ2) is 8.52. The van der Waals surface area contributed by atoms with Crippen molar-refractivity contribution in [1.82, 2.24) is 4.31 Å².